The van der Waals surface area contributed by atoms with E-state index >= 15 is 0 Å². The number of hydrogen-bond donors (Lipinski definition) is 8. The average molecular weight is 552 g/mol. The number of carboxylic acids is 2. The third-order valence-electron chi connectivity index (χ3n) is 4.78. The molecule has 0 saturated carbocycles. The summed E-state index contributed by atoms with van der Waals surface area (Å²) in [4.78, 5) is 64.6. The molecule has 0 saturated heterocycles. The van der Waals surface area contributed by atoms with Gasteiger partial charge in [0.25, 0.3) is 0 Å². The zero-order valence-corrected chi connectivity index (χ0v) is 22.0. The number of aliphatic carboxylic acids is 2. The lowest BCUT2D eigenvalue weighted by molar-refractivity contribution is -0.143. The molecule has 0 aliphatic carbocycles. The molecule has 0 bridgehead atoms. The van der Waals surface area contributed by atoms with Crippen LogP contribution in [0.5, 0.6) is 0 Å². The Morgan fingerprint density at radius 3 is 1.81 bits per heavy atom. The summed E-state index contributed by atoms with van der Waals surface area (Å²) in [7, 11) is 0. The molecule has 0 spiro atoms. The van der Waals surface area contributed by atoms with Crippen LogP contribution >= 0.6 is 23.5 Å². The monoisotopic (exact) mass is 551 g/mol. The quantitative estimate of drug-likeness (QED) is 0.0487. The second kappa shape index (κ2) is 18.5. The van der Waals surface area contributed by atoms with Crippen LogP contribution in [-0.2, 0) is 24.0 Å². The van der Waals surface area contributed by atoms with E-state index in [1.165, 1.54) is 23.5 Å². The van der Waals surface area contributed by atoms with Gasteiger partial charge in [-0.25, -0.2) is 4.79 Å². The fourth-order valence-corrected chi connectivity index (χ4v) is 3.80. The van der Waals surface area contributed by atoms with Gasteiger partial charge in [0.05, 0.1) is 12.5 Å². The Morgan fingerprint density at radius 2 is 1.31 bits per heavy atom. The van der Waals surface area contributed by atoms with E-state index in [0.29, 0.717) is 17.9 Å². The lowest BCUT2D eigenvalue weighted by Crippen LogP contribution is -2.57. The van der Waals surface area contributed by atoms with E-state index in [9.17, 15) is 34.2 Å². The molecule has 0 fully saturated rings. The second-order valence-corrected chi connectivity index (χ2v) is 9.71. The molecule has 0 heterocycles. The van der Waals surface area contributed by atoms with Gasteiger partial charge in [0.2, 0.25) is 17.7 Å². The van der Waals surface area contributed by atoms with Crippen LogP contribution in [0.15, 0.2) is 4.99 Å². The van der Waals surface area contributed by atoms with Gasteiger partial charge in [0.15, 0.2) is 5.96 Å². The molecule has 4 atom stereocenters. The van der Waals surface area contributed by atoms with Crippen molar-refractivity contribution in [2.75, 3.05) is 30.6 Å². The zero-order chi connectivity index (χ0) is 27.7. The minimum absolute atomic E-state index is 0.106. The van der Waals surface area contributed by atoms with E-state index in [1.54, 1.807) is 12.5 Å². The molecule has 16 heteroatoms. The first-order chi connectivity index (χ1) is 16.9. The van der Waals surface area contributed by atoms with E-state index in [1.807, 2.05) is 0 Å². The Morgan fingerprint density at radius 1 is 0.806 bits per heavy atom. The van der Waals surface area contributed by atoms with Crippen molar-refractivity contribution in [2.24, 2.45) is 22.2 Å². The van der Waals surface area contributed by atoms with Crippen LogP contribution < -0.4 is 33.2 Å². The summed E-state index contributed by atoms with van der Waals surface area (Å²) >= 11 is 2.82. The molecular weight excluding hydrogens is 514 g/mol. The lowest BCUT2D eigenvalue weighted by Gasteiger charge is -2.24. The number of guanidine groups is 1. The van der Waals surface area contributed by atoms with Crippen LogP contribution in [0.4, 0.5) is 0 Å². The molecule has 206 valence electrons. The van der Waals surface area contributed by atoms with Gasteiger partial charge in [0, 0.05) is 6.54 Å². The number of nitrogens with one attached hydrogen (secondary N) is 3. The molecule has 4 unspecified atom stereocenters. The first-order valence-corrected chi connectivity index (χ1v) is 13.9. The van der Waals surface area contributed by atoms with Crippen molar-refractivity contribution >= 4 is 59.1 Å². The predicted molar refractivity (Wildman–Crippen MR) is 140 cm³/mol. The number of amides is 3. The fraction of sp³-hybridized carbons (Fsp3) is 0.700. The van der Waals surface area contributed by atoms with Crippen LogP contribution in [0.25, 0.3) is 0 Å². The number of carbonyl (C=O) groups is 5. The fourth-order valence-electron chi connectivity index (χ4n) is 2.86. The van der Waals surface area contributed by atoms with Crippen molar-refractivity contribution < 1.29 is 34.2 Å². The molecule has 0 rings (SSSR count). The summed E-state index contributed by atoms with van der Waals surface area (Å²) in [5.41, 5.74) is 16.3. The minimum Gasteiger partial charge on any atom is -0.481 e. The normalized spacial score (nSPS) is 14.0. The number of hydrogen-bond acceptors (Lipinski definition) is 9. The number of aliphatic imine (C=N–C) groups is 1. The van der Waals surface area contributed by atoms with E-state index in [4.69, 9.17) is 17.2 Å². The van der Waals surface area contributed by atoms with Crippen molar-refractivity contribution in [1.82, 2.24) is 16.0 Å². The third-order valence-corrected chi connectivity index (χ3v) is 6.07. The van der Waals surface area contributed by atoms with Gasteiger partial charge >= 0.3 is 11.9 Å². The number of thioether (sulfide) groups is 2. The van der Waals surface area contributed by atoms with Gasteiger partial charge in [-0.3, -0.25) is 24.2 Å². The topological polar surface area (TPSA) is 252 Å². The van der Waals surface area contributed by atoms with Gasteiger partial charge in [-0.15, -0.1) is 0 Å². The number of rotatable bonds is 19. The van der Waals surface area contributed by atoms with Gasteiger partial charge < -0.3 is 43.4 Å². The highest BCUT2D eigenvalue weighted by Crippen LogP contribution is 2.06. The molecule has 36 heavy (non-hydrogen) atoms. The summed E-state index contributed by atoms with van der Waals surface area (Å²) in [6.45, 7) is 0.239. The SMILES string of the molecule is CSCCC(NC(=O)C(CCSC)NC(=O)C(CC(=O)O)NC(=O)C(N)CCCN=C(N)N)C(=O)O. The summed E-state index contributed by atoms with van der Waals surface area (Å²) in [6.07, 6.45) is 3.73. The average Bonchev–Trinajstić information content (AvgIpc) is 2.80. The van der Waals surface area contributed by atoms with Crippen LogP contribution in [0, 0.1) is 0 Å². The lowest BCUT2D eigenvalue weighted by atomic mass is 10.1. The van der Waals surface area contributed by atoms with Crippen LogP contribution in [0.1, 0.15) is 32.1 Å². The highest BCUT2D eigenvalue weighted by molar-refractivity contribution is 7.98. The highest BCUT2D eigenvalue weighted by Gasteiger charge is 2.31. The van der Waals surface area contributed by atoms with Gasteiger partial charge in [0.1, 0.15) is 18.1 Å². The Labute approximate surface area is 218 Å². The second-order valence-electron chi connectivity index (χ2n) is 7.74. The van der Waals surface area contributed by atoms with Crippen molar-refractivity contribution in [3.05, 3.63) is 0 Å². The maximum Gasteiger partial charge on any atom is 0.326 e. The van der Waals surface area contributed by atoms with Gasteiger partial charge in [-0.2, -0.15) is 23.5 Å². The molecule has 11 N–H and O–H groups in total. The van der Waals surface area contributed by atoms with Crippen molar-refractivity contribution in [2.45, 2.75) is 56.3 Å². The Balaban J connectivity index is 5.35. The molecule has 0 radical (unpaired) electrons. The summed E-state index contributed by atoms with van der Waals surface area (Å²) < 4.78 is 0. The molecule has 0 aromatic carbocycles. The number of carbonyl (C=O) groups excluding carboxylic acids is 3. The smallest absolute Gasteiger partial charge is 0.326 e. The number of nitrogens with zero attached hydrogens (tertiary/aromatic N) is 1. The molecule has 0 aliphatic rings. The van der Waals surface area contributed by atoms with E-state index in [0.717, 1.165) is 0 Å². The van der Waals surface area contributed by atoms with Crippen LogP contribution in [0.3, 0.4) is 0 Å². The van der Waals surface area contributed by atoms with Gasteiger partial charge in [-0.05, 0) is 49.7 Å². The molecule has 3 amide bonds. The molecular formula is C20H37N7O7S2. The van der Waals surface area contributed by atoms with E-state index in [2.05, 4.69) is 20.9 Å². The predicted octanol–water partition coefficient (Wildman–Crippen LogP) is -2.11. The Hall–Kier alpha value is -2.72. The first kappa shape index (κ1) is 33.3. The minimum atomic E-state index is -1.50. The van der Waals surface area contributed by atoms with Gasteiger partial charge in [-0.1, -0.05) is 0 Å². The third kappa shape index (κ3) is 14.6. The zero-order valence-electron chi connectivity index (χ0n) is 20.4. The maximum atomic E-state index is 12.9. The Bertz CT molecular complexity index is 782. The molecule has 0 aromatic heterocycles. The molecule has 0 aliphatic heterocycles. The van der Waals surface area contributed by atoms with E-state index in [-0.39, 0.29) is 31.8 Å². The van der Waals surface area contributed by atoms with Crippen molar-refractivity contribution in [3.8, 4) is 0 Å². The maximum absolute atomic E-state index is 12.9. The standard InChI is InChI=1S/C20H37N7O7S2/c1-35-8-5-12(17(31)26-13(19(33)34)6-9-36-2)25-18(32)14(10-15(28)29)27-16(30)11(21)4-3-7-24-20(22)23/h11-14H,3-10,21H2,1-2H3,(H,25,32)(H,26,31)(H,27,30)(H,28,29)(H,33,34)(H4,22,23,24). The Kier molecular flexibility index (Phi) is 17.1. The summed E-state index contributed by atoms with van der Waals surface area (Å²) in [5.74, 6) is -4.10. The van der Waals surface area contributed by atoms with Crippen molar-refractivity contribution in [3.63, 3.8) is 0 Å². The highest BCUT2D eigenvalue weighted by atomic mass is 32.2. The van der Waals surface area contributed by atoms with Crippen LogP contribution in [-0.4, -0.2) is 101 Å². The largest absolute Gasteiger partial charge is 0.481 e. The molecule has 14 nitrogen and oxygen atoms in total. The van der Waals surface area contributed by atoms with Crippen LogP contribution in [0.2, 0.25) is 0 Å². The number of nitrogens with two attached hydrogens (primary N) is 3. The van der Waals surface area contributed by atoms with Crippen molar-refractivity contribution in [1.29, 1.82) is 0 Å². The summed E-state index contributed by atoms with van der Waals surface area (Å²) in [6, 6.07) is -4.84. The number of carboxylic acid groups (broad SMARTS) is 2. The summed E-state index contributed by atoms with van der Waals surface area (Å²) in [5, 5.41) is 25.7. The first-order valence-electron chi connectivity index (χ1n) is 11.1. The molecule has 0 aromatic rings. The van der Waals surface area contributed by atoms with E-state index < -0.39 is 60.2 Å².